The van der Waals surface area contributed by atoms with Crippen molar-refractivity contribution in [2.75, 3.05) is 11.9 Å². The van der Waals surface area contributed by atoms with Gasteiger partial charge in [0.1, 0.15) is 5.82 Å². The molecule has 1 aliphatic rings. The topological polar surface area (TPSA) is 85.0 Å². The summed E-state index contributed by atoms with van der Waals surface area (Å²) < 4.78 is 3.48. The Labute approximate surface area is 134 Å². The number of carbonyl (C=O) groups is 2. The Hall–Kier alpha value is -2.64. The molecule has 1 saturated heterocycles. The van der Waals surface area contributed by atoms with E-state index >= 15 is 0 Å². The highest BCUT2D eigenvalue weighted by molar-refractivity contribution is 6.39. The molecule has 0 saturated carbocycles. The van der Waals surface area contributed by atoms with Crippen LogP contribution in [0.3, 0.4) is 0 Å². The van der Waals surface area contributed by atoms with Gasteiger partial charge in [0.05, 0.1) is 18.1 Å². The highest BCUT2D eigenvalue weighted by Crippen LogP contribution is 2.19. The van der Waals surface area contributed by atoms with Gasteiger partial charge in [0, 0.05) is 38.6 Å². The average molecular weight is 316 g/mol. The number of carbonyl (C=O) groups excluding carboxylic acids is 2. The third-order valence-corrected chi connectivity index (χ3v) is 4.06. The molecule has 3 heterocycles. The molecule has 1 aliphatic heterocycles. The lowest BCUT2D eigenvalue weighted by Gasteiger charge is -2.24. The zero-order valence-electron chi connectivity index (χ0n) is 13.3. The molecule has 3 rings (SSSR count). The standard InChI is InChI=1S/C15H20N6O2/c1-11-8-13(19(2)18-11)17-14(22)15(23)21-6-3-4-12(21)9-20-7-5-16-10-20/h5,7-8,10,12H,3-4,6,9H2,1-2H3,(H,17,22). The van der Waals surface area contributed by atoms with Gasteiger partial charge in [-0.15, -0.1) is 0 Å². The monoisotopic (exact) mass is 316 g/mol. The van der Waals surface area contributed by atoms with Crippen LogP contribution in [-0.4, -0.2) is 48.6 Å². The summed E-state index contributed by atoms with van der Waals surface area (Å²) in [6.45, 7) is 3.10. The SMILES string of the molecule is Cc1cc(NC(=O)C(=O)N2CCCC2Cn2ccnc2)n(C)n1. The van der Waals surface area contributed by atoms with E-state index in [0.717, 1.165) is 18.5 Å². The van der Waals surface area contributed by atoms with Crippen LogP contribution < -0.4 is 5.32 Å². The normalized spacial score (nSPS) is 17.5. The third kappa shape index (κ3) is 3.25. The molecule has 0 spiro atoms. The van der Waals surface area contributed by atoms with Gasteiger partial charge < -0.3 is 14.8 Å². The maximum absolute atomic E-state index is 12.5. The van der Waals surface area contributed by atoms with Crippen LogP contribution in [-0.2, 0) is 23.2 Å². The minimum Gasteiger partial charge on any atom is -0.335 e. The van der Waals surface area contributed by atoms with E-state index in [2.05, 4.69) is 15.4 Å². The maximum atomic E-state index is 12.5. The number of rotatable bonds is 3. The van der Waals surface area contributed by atoms with Crippen LogP contribution in [0.25, 0.3) is 0 Å². The molecule has 0 bridgehead atoms. The summed E-state index contributed by atoms with van der Waals surface area (Å²) in [5.41, 5.74) is 0.786. The van der Waals surface area contributed by atoms with Crippen LogP contribution in [0.15, 0.2) is 24.8 Å². The first-order valence-electron chi connectivity index (χ1n) is 7.63. The molecule has 1 unspecified atom stereocenters. The fourth-order valence-corrected chi connectivity index (χ4v) is 2.96. The Bertz CT molecular complexity index is 706. The van der Waals surface area contributed by atoms with Gasteiger partial charge in [0.2, 0.25) is 0 Å². The van der Waals surface area contributed by atoms with Gasteiger partial charge in [-0.2, -0.15) is 5.10 Å². The summed E-state index contributed by atoms with van der Waals surface area (Å²) >= 11 is 0. The van der Waals surface area contributed by atoms with Gasteiger partial charge in [-0.05, 0) is 19.8 Å². The molecule has 1 atom stereocenters. The number of hydrogen-bond acceptors (Lipinski definition) is 4. The van der Waals surface area contributed by atoms with Crippen LogP contribution >= 0.6 is 0 Å². The van der Waals surface area contributed by atoms with E-state index in [1.165, 1.54) is 0 Å². The van der Waals surface area contributed by atoms with Crippen molar-refractivity contribution in [1.82, 2.24) is 24.2 Å². The molecule has 8 nitrogen and oxygen atoms in total. The van der Waals surface area contributed by atoms with Crippen molar-refractivity contribution < 1.29 is 9.59 Å². The molecule has 8 heteroatoms. The Morgan fingerprint density at radius 2 is 2.26 bits per heavy atom. The summed E-state index contributed by atoms with van der Waals surface area (Å²) in [6, 6.07) is 1.76. The second-order valence-electron chi connectivity index (χ2n) is 5.80. The van der Waals surface area contributed by atoms with Gasteiger partial charge in [-0.25, -0.2) is 4.98 Å². The van der Waals surface area contributed by atoms with E-state index in [4.69, 9.17) is 0 Å². The van der Waals surface area contributed by atoms with Crippen molar-refractivity contribution in [3.63, 3.8) is 0 Å². The lowest BCUT2D eigenvalue weighted by Crippen LogP contribution is -2.44. The Balaban J connectivity index is 1.66. The number of aryl methyl sites for hydroxylation is 2. The molecule has 2 aromatic heterocycles. The Morgan fingerprint density at radius 3 is 2.91 bits per heavy atom. The van der Waals surface area contributed by atoms with Crippen LogP contribution in [0.5, 0.6) is 0 Å². The fourth-order valence-electron chi connectivity index (χ4n) is 2.96. The fraction of sp³-hybridized carbons (Fsp3) is 0.467. The quantitative estimate of drug-likeness (QED) is 0.838. The van der Waals surface area contributed by atoms with Crippen molar-refractivity contribution in [3.05, 3.63) is 30.5 Å². The number of nitrogens with zero attached hydrogens (tertiary/aromatic N) is 5. The predicted octanol–water partition coefficient (Wildman–Crippen LogP) is 0.555. The summed E-state index contributed by atoms with van der Waals surface area (Å²) in [5, 5.41) is 6.79. The van der Waals surface area contributed by atoms with Crippen LogP contribution in [0.4, 0.5) is 5.82 Å². The van der Waals surface area contributed by atoms with Gasteiger partial charge in [-0.1, -0.05) is 0 Å². The Morgan fingerprint density at radius 1 is 1.43 bits per heavy atom. The van der Waals surface area contributed by atoms with Gasteiger partial charge in [-0.3, -0.25) is 14.3 Å². The van der Waals surface area contributed by atoms with E-state index in [1.807, 2.05) is 17.7 Å². The lowest BCUT2D eigenvalue weighted by molar-refractivity contribution is -0.143. The average Bonchev–Trinajstić information content (AvgIpc) is 3.22. The number of aromatic nitrogens is 4. The summed E-state index contributed by atoms with van der Waals surface area (Å²) in [7, 11) is 1.73. The minimum absolute atomic E-state index is 0.0238. The predicted molar refractivity (Wildman–Crippen MR) is 83.5 cm³/mol. The highest BCUT2D eigenvalue weighted by Gasteiger charge is 2.32. The number of anilines is 1. The van der Waals surface area contributed by atoms with Crippen LogP contribution in [0.1, 0.15) is 18.5 Å². The largest absolute Gasteiger partial charge is 0.335 e. The molecule has 23 heavy (non-hydrogen) atoms. The smallest absolute Gasteiger partial charge is 0.315 e. The molecule has 2 aromatic rings. The van der Waals surface area contributed by atoms with Crippen LogP contribution in [0.2, 0.25) is 0 Å². The first-order valence-corrected chi connectivity index (χ1v) is 7.63. The van der Waals surface area contributed by atoms with Gasteiger partial charge in [0.15, 0.2) is 0 Å². The summed E-state index contributed by atoms with van der Waals surface area (Å²) in [5.74, 6) is -0.594. The van der Waals surface area contributed by atoms with E-state index in [1.54, 1.807) is 35.2 Å². The second kappa shape index (κ2) is 6.23. The first kappa shape index (κ1) is 15.3. The van der Waals surface area contributed by atoms with Crippen LogP contribution in [0, 0.1) is 6.92 Å². The third-order valence-electron chi connectivity index (χ3n) is 4.06. The molecular formula is C15H20N6O2. The number of likely N-dealkylation sites (tertiary alicyclic amines) is 1. The molecule has 122 valence electrons. The molecule has 1 fully saturated rings. The molecule has 0 aliphatic carbocycles. The summed E-state index contributed by atoms with van der Waals surface area (Å²) in [6.07, 6.45) is 7.09. The zero-order valence-corrected chi connectivity index (χ0v) is 13.3. The second-order valence-corrected chi connectivity index (χ2v) is 5.80. The lowest BCUT2D eigenvalue weighted by atomic mass is 10.2. The minimum atomic E-state index is -0.620. The van der Waals surface area contributed by atoms with Crippen molar-refractivity contribution in [2.24, 2.45) is 7.05 Å². The molecule has 0 radical (unpaired) electrons. The number of hydrogen-bond donors (Lipinski definition) is 1. The van der Waals surface area contributed by atoms with Crippen molar-refractivity contribution in [1.29, 1.82) is 0 Å². The van der Waals surface area contributed by atoms with Gasteiger partial charge >= 0.3 is 11.8 Å². The highest BCUT2D eigenvalue weighted by atomic mass is 16.2. The molecular weight excluding hydrogens is 296 g/mol. The molecule has 1 N–H and O–H groups in total. The number of imidazole rings is 1. The van der Waals surface area contributed by atoms with Crippen molar-refractivity contribution in [2.45, 2.75) is 32.4 Å². The number of nitrogens with one attached hydrogen (secondary N) is 1. The van der Waals surface area contributed by atoms with E-state index < -0.39 is 11.8 Å². The van der Waals surface area contributed by atoms with Gasteiger partial charge in [0.25, 0.3) is 0 Å². The van der Waals surface area contributed by atoms with Crippen molar-refractivity contribution in [3.8, 4) is 0 Å². The van der Waals surface area contributed by atoms with E-state index in [0.29, 0.717) is 18.9 Å². The maximum Gasteiger partial charge on any atom is 0.315 e. The Kier molecular flexibility index (Phi) is 4.14. The molecule has 2 amide bonds. The van der Waals surface area contributed by atoms with E-state index in [9.17, 15) is 9.59 Å². The van der Waals surface area contributed by atoms with Crippen molar-refractivity contribution >= 4 is 17.6 Å². The van der Waals surface area contributed by atoms with E-state index in [-0.39, 0.29) is 6.04 Å². The molecule has 0 aromatic carbocycles. The zero-order chi connectivity index (χ0) is 16.4. The number of amides is 2. The summed E-state index contributed by atoms with van der Waals surface area (Å²) in [4.78, 5) is 30.4. The first-order chi connectivity index (χ1) is 11.0.